The monoisotopic (exact) mass is 284 g/mol. The molecule has 0 fully saturated rings. The number of hydrogen-bond donors (Lipinski definition) is 2. The normalized spacial score (nSPS) is 10.7. The molecule has 0 saturated carbocycles. The van der Waals surface area contributed by atoms with E-state index in [9.17, 15) is 15.0 Å². The molecular weight excluding hydrogens is 268 g/mol. The van der Waals surface area contributed by atoms with Crippen LogP contribution in [-0.4, -0.2) is 16.2 Å². The van der Waals surface area contributed by atoms with Gasteiger partial charge in [0.2, 0.25) is 5.75 Å². The van der Waals surface area contributed by atoms with Gasteiger partial charge >= 0.3 is 5.97 Å². The summed E-state index contributed by atoms with van der Waals surface area (Å²) in [5.41, 5.74) is 1.62. The van der Waals surface area contributed by atoms with Gasteiger partial charge in [0.15, 0.2) is 11.5 Å². The molecule has 0 atom stereocenters. The third kappa shape index (κ3) is 3.86. The highest BCUT2D eigenvalue weighted by molar-refractivity contribution is 5.76. The smallest absolute Gasteiger partial charge is 0.311 e. The van der Waals surface area contributed by atoms with E-state index in [1.165, 1.54) is 12.1 Å². The van der Waals surface area contributed by atoms with Crippen LogP contribution in [0.25, 0.3) is 12.2 Å². The lowest BCUT2D eigenvalue weighted by atomic mass is 10.1. The number of esters is 1. The maximum atomic E-state index is 11.3. The standard InChI is InChI=1S/C17H16O4/c1-2-16(19)21-15-11-13(10-14(18)17(15)20)9-8-12-6-4-3-5-7-12/h3-11,18,20H,2H2,1H3. The number of carbonyl (C=O) groups excluding carboxylic acids is 1. The predicted octanol–water partition coefficient (Wildman–Crippen LogP) is 3.58. The Morgan fingerprint density at radius 3 is 2.43 bits per heavy atom. The zero-order valence-corrected chi connectivity index (χ0v) is 11.6. The number of phenols is 2. The van der Waals surface area contributed by atoms with Crippen LogP contribution < -0.4 is 4.74 Å². The van der Waals surface area contributed by atoms with Crippen LogP contribution in [0.3, 0.4) is 0 Å². The average molecular weight is 284 g/mol. The van der Waals surface area contributed by atoms with Gasteiger partial charge in [0.1, 0.15) is 0 Å². The quantitative estimate of drug-likeness (QED) is 0.390. The first-order valence-corrected chi connectivity index (χ1v) is 6.60. The summed E-state index contributed by atoms with van der Waals surface area (Å²) in [4.78, 5) is 11.3. The molecule has 2 rings (SSSR count). The minimum atomic E-state index is -0.478. The number of ether oxygens (including phenoxy) is 1. The summed E-state index contributed by atoms with van der Waals surface area (Å²) in [6.07, 6.45) is 3.80. The third-order valence-corrected chi connectivity index (χ3v) is 2.86. The van der Waals surface area contributed by atoms with Crippen LogP contribution in [0.1, 0.15) is 24.5 Å². The minimum Gasteiger partial charge on any atom is -0.504 e. The number of benzene rings is 2. The van der Waals surface area contributed by atoms with Crippen molar-refractivity contribution in [3.05, 3.63) is 53.6 Å². The molecule has 0 heterocycles. The van der Waals surface area contributed by atoms with Gasteiger partial charge in [-0.05, 0) is 23.3 Å². The molecule has 0 amide bonds. The van der Waals surface area contributed by atoms with E-state index in [0.29, 0.717) is 5.56 Å². The van der Waals surface area contributed by atoms with Crippen LogP contribution in [0.5, 0.6) is 17.2 Å². The fraction of sp³-hybridized carbons (Fsp3) is 0.118. The van der Waals surface area contributed by atoms with Crippen molar-refractivity contribution < 1.29 is 19.7 Å². The molecule has 2 aromatic carbocycles. The van der Waals surface area contributed by atoms with Crippen molar-refractivity contribution in [3.8, 4) is 17.2 Å². The van der Waals surface area contributed by atoms with Gasteiger partial charge < -0.3 is 14.9 Å². The number of aromatic hydroxyl groups is 2. The maximum absolute atomic E-state index is 11.3. The van der Waals surface area contributed by atoms with Crippen molar-refractivity contribution in [2.75, 3.05) is 0 Å². The highest BCUT2D eigenvalue weighted by Crippen LogP contribution is 2.37. The van der Waals surface area contributed by atoms with Crippen molar-refractivity contribution in [3.63, 3.8) is 0 Å². The molecule has 0 aliphatic heterocycles. The summed E-state index contributed by atoms with van der Waals surface area (Å²) in [6.45, 7) is 1.65. The first kappa shape index (κ1) is 14.7. The van der Waals surface area contributed by atoms with Crippen LogP contribution >= 0.6 is 0 Å². The molecule has 21 heavy (non-hydrogen) atoms. The minimum absolute atomic E-state index is 0.0467. The van der Waals surface area contributed by atoms with E-state index in [-0.39, 0.29) is 17.9 Å². The molecule has 4 nitrogen and oxygen atoms in total. The second kappa shape index (κ2) is 6.61. The van der Waals surface area contributed by atoms with Crippen LogP contribution in [0.2, 0.25) is 0 Å². The molecule has 2 aromatic rings. The fourth-order valence-electron chi connectivity index (χ4n) is 1.74. The zero-order valence-electron chi connectivity index (χ0n) is 11.6. The molecule has 0 aliphatic rings. The Hall–Kier alpha value is -2.75. The predicted molar refractivity (Wildman–Crippen MR) is 81.1 cm³/mol. The first-order valence-electron chi connectivity index (χ1n) is 6.60. The van der Waals surface area contributed by atoms with Gasteiger partial charge in [-0.25, -0.2) is 0 Å². The number of rotatable bonds is 4. The molecule has 2 N–H and O–H groups in total. The molecule has 108 valence electrons. The molecule has 0 spiro atoms. The van der Waals surface area contributed by atoms with Crippen molar-refractivity contribution >= 4 is 18.1 Å². The number of carbonyl (C=O) groups is 1. The maximum Gasteiger partial charge on any atom is 0.311 e. The molecule has 4 heteroatoms. The van der Waals surface area contributed by atoms with Gasteiger partial charge in [-0.3, -0.25) is 4.79 Å². The molecular formula is C17H16O4. The van der Waals surface area contributed by atoms with Crippen molar-refractivity contribution in [1.82, 2.24) is 0 Å². The van der Waals surface area contributed by atoms with Gasteiger partial charge in [-0.2, -0.15) is 0 Å². The van der Waals surface area contributed by atoms with Crippen LogP contribution in [-0.2, 0) is 4.79 Å². The molecule has 0 radical (unpaired) electrons. The second-order valence-corrected chi connectivity index (χ2v) is 4.46. The second-order valence-electron chi connectivity index (χ2n) is 4.46. The highest BCUT2D eigenvalue weighted by Gasteiger charge is 2.12. The molecule has 0 aromatic heterocycles. The van der Waals surface area contributed by atoms with E-state index in [4.69, 9.17) is 4.74 Å². The van der Waals surface area contributed by atoms with E-state index in [2.05, 4.69) is 0 Å². The van der Waals surface area contributed by atoms with Gasteiger partial charge in [0, 0.05) is 6.42 Å². The highest BCUT2D eigenvalue weighted by atomic mass is 16.5. The van der Waals surface area contributed by atoms with Gasteiger partial charge in [-0.15, -0.1) is 0 Å². The Kier molecular flexibility index (Phi) is 4.61. The summed E-state index contributed by atoms with van der Waals surface area (Å²) < 4.78 is 4.99. The largest absolute Gasteiger partial charge is 0.504 e. The van der Waals surface area contributed by atoms with Crippen LogP contribution in [0.15, 0.2) is 42.5 Å². The Labute approximate surface area is 122 Å². The summed E-state index contributed by atoms with van der Waals surface area (Å²) in [6, 6.07) is 12.5. The van der Waals surface area contributed by atoms with Gasteiger partial charge in [-0.1, -0.05) is 49.4 Å². The topological polar surface area (TPSA) is 66.8 Å². The third-order valence-electron chi connectivity index (χ3n) is 2.86. The Morgan fingerprint density at radius 2 is 1.76 bits per heavy atom. The molecule has 0 saturated heterocycles. The zero-order chi connectivity index (χ0) is 15.2. The SMILES string of the molecule is CCC(=O)Oc1cc(C=Cc2ccccc2)cc(O)c1O. The fourth-order valence-corrected chi connectivity index (χ4v) is 1.74. The number of phenolic OH excluding ortho intramolecular Hbond substituents is 2. The van der Waals surface area contributed by atoms with E-state index in [0.717, 1.165) is 5.56 Å². The van der Waals surface area contributed by atoms with Crippen molar-refractivity contribution in [1.29, 1.82) is 0 Å². The van der Waals surface area contributed by atoms with Crippen LogP contribution in [0, 0.1) is 0 Å². The number of hydrogen-bond acceptors (Lipinski definition) is 4. The summed E-state index contributed by atoms with van der Waals surface area (Å²) in [7, 11) is 0. The average Bonchev–Trinajstić information content (AvgIpc) is 2.50. The van der Waals surface area contributed by atoms with Gasteiger partial charge in [0.05, 0.1) is 0 Å². The van der Waals surface area contributed by atoms with Crippen molar-refractivity contribution in [2.45, 2.75) is 13.3 Å². The lowest BCUT2D eigenvalue weighted by Gasteiger charge is -2.08. The lowest BCUT2D eigenvalue weighted by molar-refractivity contribution is -0.134. The lowest BCUT2D eigenvalue weighted by Crippen LogP contribution is -2.05. The molecule has 0 bridgehead atoms. The Bertz CT molecular complexity index is 660. The Morgan fingerprint density at radius 1 is 1.10 bits per heavy atom. The summed E-state index contributed by atoms with van der Waals surface area (Å²) >= 11 is 0. The molecule has 0 unspecified atom stereocenters. The van der Waals surface area contributed by atoms with E-state index >= 15 is 0 Å². The van der Waals surface area contributed by atoms with Crippen molar-refractivity contribution in [2.24, 2.45) is 0 Å². The first-order chi connectivity index (χ1) is 10.1. The van der Waals surface area contributed by atoms with E-state index in [1.54, 1.807) is 13.0 Å². The summed E-state index contributed by atoms with van der Waals surface area (Å²) in [5.74, 6) is -1.29. The molecule has 0 aliphatic carbocycles. The summed E-state index contributed by atoms with van der Waals surface area (Å²) in [5, 5.41) is 19.4. The van der Waals surface area contributed by atoms with E-state index < -0.39 is 11.7 Å². The Balaban J connectivity index is 2.28. The van der Waals surface area contributed by atoms with Crippen LogP contribution in [0.4, 0.5) is 0 Å². The van der Waals surface area contributed by atoms with Gasteiger partial charge in [0.25, 0.3) is 0 Å². The van der Waals surface area contributed by atoms with E-state index in [1.807, 2.05) is 36.4 Å².